The number of carbonyl (C=O) groups excluding carboxylic acids is 1. The van der Waals surface area contributed by atoms with Gasteiger partial charge in [-0.25, -0.2) is 4.79 Å². The molecule has 2 unspecified atom stereocenters. The van der Waals surface area contributed by atoms with Gasteiger partial charge in [0.05, 0.1) is 18.8 Å². The molecule has 108 valence electrons. The van der Waals surface area contributed by atoms with E-state index in [4.69, 9.17) is 11.3 Å². The lowest BCUT2D eigenvalue weighted by Crippen LogP contribution is -2.19. The molecule has 0 bridgehead atoms. The Morgan fingerprint density at radius 2 is 2.25 bits per heavy atom. The number of esters is 1. The van der Waals surface area contributed by atoms with Crippen molar-refractivity contribution >= 4 is 11.7 Å². The number of aliphatic hydroxyl groups is 2. The number of hydrogen-bond donors (Lipinski definition) is 3. The van der Waals surface area contributed by atoms with Gasteiger partial charge >= 0.3 is 5.97 Å². The van der Waals surface area contributed by atoms with Gasteiger partial charge in [0.1, 0.15) is 6.10 Å². The van der Waals surface area contributed by atoms with Crippen molar-refractivity contribution in [3.63, 3.8) is 0 Å². The molecule has 4 N–H and O–H groups in total. The lowest BCUT2D eigenvalue weighted by molar-refractivity contribution is 0.0150. The molecule has 8 heteroatoms. The fourth-order valence-corrected chi connectivity index (χ4v) is 1.68. The molecule has 0 aliphatic rings. The molecule has 1 rings (SSSR count). The molecular formula is C12H16N4O4. The van der Waals surface area contributed by atoms with E-state index in [2.05, 4.69) is 14.8 Å². The van der Waals surface area contributed by atoms with E-state index in [0.717, 1.165) is 0 Å². The number of benzene rings is 1. The van der Waals surface area contributed by atoms with E-state index >= 15 is 0 Å². The summed E-state index contributed by atoms with van der Waals surface area (Å²) in [6.45, 7) is 0.0739. The molecule has 8 nitrogen and oxygen atoms in total. The second-order valence-electron chi connectivity index (χ2n) is 4.09. The number of nitrogens with zero attached hydrogens (tertiary/aromatic N) is 3. The minimum Gasteiger partial charge on any atom is -0.465 e. The van der Waals surface area contributed by atoms with Crippen LogP contribution in [0.1, 0.15) is 28.4 Å². The van der Waals surface area contributed by atoms with Crippen LogP contribution in [0.5, 0.6) is 0 Å². The van der Waals surface area contributed by atoms with Crippen LogP contribution in [0.15, 0.2) is 23.3 Å². The quantitative estimate of drug-likeness (QED) is 0.235. The molecule has 1 aromatic carbocycles. The summed E-state index contributed by atoms with van der Waals surface area (Å²) >= 11 is 0. The van der Waals surface area contributed by atoms with E-state index < -0.39 is 18.2 Å². The van der Waals surface area contributed by atoms with E-state index in [9.17, 15) is 15.0 Å². The van der Waals surface area contributed by atoms with Crippen LogP contribution in [0.3, 0.4) is 0 Å². The monoisotopic (exact) mass is 280 g/mol. The predicted octanol–water partition coefficient (Wildman–Crippen LogP) is 1.15. The third kappa shape index (κ3) is 3.86. The maximum absolute atomic E-state index is 11.4. The minimum atomic E-state index is -1.18. The largest absolute Gasteiger partial charge is 0.465 e. The summed E-state index contributed by atoms with van der Waals surface area (Å²) in [4.78, 5) is 13.9. The van der Waals surface area contributed by atoms with Crippen LogP contribution < -0.4 is 5.73 Å². The van der Waals surface area contributed by atoms with Gasteiger partial charge in [0, 0.05) is 17.1 Å². The molecule has 0 radical (unpaired) electrons. The number of ether oxygens (including phenoxy) is 1. The SMILES string of the molecule is COC(=O)c1ccc(C(O)C(O)CCN=[N+]=[N-])cc1N. The molecule has 0 saturated carbocycles. The Morgan fingerprint density at radius 3 is 2.80 bits per heavy atom. The first-order valence-electron chi connectivity index (χ1n) is 5.86. The summed E-state index contributed by atoms with van der Waals surface area (Å²) in [7, 11) is 1.24. The number of anilines is 1. The topological polar surface area (TPSA) is 142 Å². The molecule has 0 heterocycles. The molecule has 0 amide bonds. The van der Waals surface area contributed by atoms with Crippen LogP contribution in [0.4, 0.5) is 5.69 Å². The molecule has 20 heavy (non-hydrogen) atoms. The van der Waals surface area contributed by atoms with Crippen LogP contribution in [0, 0.1) is 0 Å². The van der Waals surface area contributed by atoms with E-state index in [1.165, 1.54) is 25.3 Å². The van der Waals surface area contributed by atoms with Crippen molar-refractivity contribution in [2.24, 2.45) is 5.11 Å². The molecule has 0 saturated heterocycles. The summed E-state index contributed by atoms with van der Waals surface area (Å²) in [6.07, 6.45) is -2.16. The van der Waals surface area contributed by atoms with Gasteiger partial charge < -0.3 is 20.7 Å². The Hall–Kier alpha value is -2.28. The van der Waals surface area contributed by atoms with Crippen molar-refractivity contribution in [3.8, 4) is 0 Å². The van der Waals surface area contributed by atoms with Crippen molar-refractivity contribution in [1.29, 1.82) is 0 Å². The number of nitrogens with two attached hydrogens (primary N) is 1. The summed E-state index contributed by atoms with van der Waals surface area (Å²) in [5.74, 6) is -0.576. The fraction of sp³-hybridized carbons (Fsp3) is 0.417. The van der Waals surface area contributed by atoms with Gasteiger partial charge in [-0.15, -0.1) is 0 Å². The third-order valence-electron chi connectivity index (χ3n) is 2.78. The summed E-state index contributed by atoms with van der Waals surface area (Å²) in [5.41, 5.74) is 14.5. The maximum Gasteiger partial charge on any atom is 0.339 e. The number of aliphatic hydroxyl groups excluding tert-OH is 2. The van der Waals surface area contributed by atoms with Crippen LogP contribution in [0.2, 0.25) is 0 Å². The smallest absolute Gasteiger partial charge is 0.339 e. The third-order valence-corrected chi connectivity index (χ3v) is 2.78. The average molecular weight is 280 g/mol. The highest BCUT2D eigenvalue weighted by Gasteiger charge is 2.19. The van der Waals surface area contributed by atoms with Gasteiger partial charge in [-0.2, -0.15) is 0 Å². The zero-order valence-electron chi connectivity index (χ0n) is 10.9. The molecule has 0 aliphatic carbocycles. The van der Waals surface area contributed by atoms with Gasteiger partial charge in [-0.05, 0) is 29.6 Å². The molecule has 0 aliphatic heterocycles. The number of methoxy groups -OCH3 is 1. The summed E-state index contributed by atoms with van der Waals surface area (Å²) < 4.78 is 4.55. The van der Waals surface area contributed by atoms with Crippen LogP contribution in [0.25, 0.3) is 10.4 Å². The standard InChI is InChI=1S/C12H16N4O4/c1-20-12(19)8-3-2-7(6-9(8)13)11(18)10(17)4-5-15-16-14/h2-3,6,10-11,17-18H,4-5,13H2,1H3. The van der Waals surface area contributed by atoms with Gasteiger partial charge in [0.15, 0.2) is 0 Å². The molecule has 0 aromatic heterocycles. The van der Waals surface area contributed by atoms with Crippen LogP contribution >= 0.6 is 0 Å². The highest BCUT2D eigenvalue weighted by Crippen LogP contribution is 2.23. The lowest BCUT2D eigenvalue weighted by Gasteiger charge is -2.18. The number of azide groups is 1. The van der Waals surface area contributed by atoms with Crippen molar-refractivity contribution in [2.45, 2.75) is 18.6 Å². The lowest BCUT2D eigenvalue weighted by atomic mass is 9.99. The molecular weight excluding hydrogens is 264 g/mol. The number of carbonyl (C=O) groups is 1. The van der Waals surface area contributed by atoms with Crippen molar-refractivity contribution in [1.82, 2.24) is 0 Å². The summed E-state index contributed by atoms with van der Waals surface area (Å²) in [6, 6.07) is 4.29. The first-order valence-corrected chi connectivity index (χ1v) is 5.86. The molecule has 0 fully saturated rings. The van der Waals surface area contributed by atoms with E-state index in [1.54, 1.807) is 0 Å². The van der Waals surface area contributed by atoms with Crippen molar-refractivity contribution in [2.75, 3.05) is 19.4 Å². The van der Waals surface area contributed by atoms with Gasteiger partial charge in [0.25, 0.3) is 0 Å². The Kier molecular flexibility index (Phi) is 5.79. The first-order chi connectivity index (χ1) is 9.51. The van der Waals surface area contributed by atoms with Crippen LogP contribution in [-0.2, 0) is 4.74 Å². The second kappa shape index (κ2) is 7.34. The summed E-state index contributed by atoms with van der Waals surface area (Å²) in [5, 5.41) is 23.0. The van der Waals surface area contributed by atoms with E-state index in [-0.39, 0.29) is 24.2 Å². The Balaban J connectivity index is 2.83. The molecule has 2 atom stereocenters. The average Bonchev–Trinajstić information content (AvgIpc) is 2.45. The highest BCUT2D eigenvalue weighted by molar-refractivity contribution is 5.95. The Morgan fingerprint density at radius 1 is 1.55 bits per heavy atom. The van der Waals surface area contributed by atoms with Gasteiger partial charge in [-0.1, -0.05) is 11.2 Å². The van der Waals surface area contributed by atoms with E-state index in [0.29, 0.717) is 5.56 Å². The number of rotatable bonds is 6. The highest BCUT2D eigenvalue weighted by atomic mass is 16.5. The Bertz CT molecular complexity index is 528. The second-order valence-corrected chi connectivity index (χ2v) is 4.09. The van der Waals surface area contributed by atoms with Gasteiger partial charge in [0.2, 0.25) is 0 Å². The van der Waals surface area contributed by atoms with Crippen molar-refractivity contribution < 1.29 is 19.7 Å². The van der Waals surface area contributed by atoms with Gasteiger partial charge in [-0.3, -0.25) is 0 Å². The van der Waals surface area contributed by atoms with E-state index in [1.807, 2.05) is 0 Å². The molecule has 0 spiro atoms. The first kappa shape index (κ1) is 15.8. The van der Waals surface area contributed by atoms with Crippen molar-refractivity contribution in [3.05, 3.63) is 39.8 Å². The normalized spacial score (nSPS) is 13.2. The van der Waals surface area contributed by atoms with Crippen LogP contribution in [-0.4, -0.2) is 35.9 Å². The Labute approximate surface area is 115 Å². The predicted molar refractivity (Wildman–Crippen MR) is 71.8 cm³/mol. The minimum absolute atomic E-state index is 0.0739. The molecule has 1 aromatic rings. The number of hydrogen-bond acceptors (Lipinski definition) is 6. The zero-order valence-corrected chi connectivity index (χ0v) is 10.9. The number of nitrogen functional groups attached to an aromatic ring is 1. The fourth-order valence-electron chi connectivity index (χ4n) is 1.68. The zero-order chi connectivity index (χ0) is 15.1. The maximum atomic E-state index is 11.4.